The molecule has 1 nitrogen and oxygen atoms in total. The Labute approximate surface area is 122 Å². The van der Waals surface area contributed by atoms with Crippen molar-refractivity contribution in [2.75, 3.05) is 25.0 Å². The van der Waals surface area contributed by atoms with Crippen molar-refractivity contribution in [2.24, 2.45) is 11.3 Å². The van der Waals surface area contributed by atoms with E-state index in [1.807, 2.05) is 0 Å². The lowest BCUT2D eigenvalue weighted by Gasteiger charge is -2.42. The monoisotopic (exact) mass is 315 g/mol. The van der Waals surface area contributed by atoms with Crippen molar-refractivity contribution >= 4 is 15.9 Å². The third-order valence-corrected chi connectivity index (χ3v) is 6.35. The van der Waals surface area contributed by atoms with E-state index in [1.54, 1.807) is 0 Å². The smallest absolute Gasteiger partial charge is 0.0100 e. The zero-order valence-electron chi connectivity index (χ0n) is 12.1. The largest absolute Gasteiger partial charge is 0.303 e. The second kappa shape index (κ2) is 7.28. The number of rotatable bonds is 5. The van der Waals surface area contributed by atoms with Gasteiger partial charge in [0.05, 0.1) is 0 Å². The zero-order valence-corrected chi connectivity index (χ0v) is 13.7. The van der Waals surface area contributed by atoms with E-state index in [1.165, 1.54) is 82.8 Å². The molecule has 2 heteroatoms. The maximum absolute atomic E-state index is 3.80. The molecule has 1 aliphatic carbocycles. The van der Waals surface area contributed by atoms with Crippen molar-refractivity contribution < 1.29 is 0 Å². The second-order valence-corrected chi connectivity index (χ2v) is 7.26. The van der Waals surface area contributed by atoms with Crippen molar-refractivity contribution in [3.05, 3.63) is 0 Å². The summed E-state index contributed by atoms with van der Waals surface area (Å²) in [6.07, 6.45) is 13.0. The van der Waals surface area contributed by atoms with E-state index < -0.39 is 0 Å². The molecule has 0 amide bonds. The minimum atomic E-state index is 0.607. The Balaban J connectivity index is 1.79. The molecule has 106 valence electrons. The quantitative estimate of drug-likeness (QED) is 0.656. The minimum Gasteiger partial charge on any atom is -0.303 e. The van der Waals surface area contributed by atoms with Crippen molar-refractivity contribution in [2.45, 2.75) is 64.7 Å². The van der Waals surface area contributed by atoms with Crippen LogP contribution in [0.4, 0.5) is 0 Å². The predicted molar refractivity (Wildman–Crippen MR) is 83.4 cm³/mol. The number of piperidine rings is 1. The summed E-state index contributed by atoms with van der Waals surface area (Å²) in [5.41, 5.74) is 0.607. The standard InChI is InChI=1S/C16H30BrN/c1-2-6-15-7-11-18(12-8-15)14-16(13-17)9-4-3-5-10-16/h15H,2-14H2,1H3. The highest BCUT2D eigenvalue weighted by molar-refractivity contribution is 9.09. The van der Waals surface area contributed by atoms with Crippen LogP contribution in [0.15, 0.2) is 0 Å². The molecule has 0 aromatic rings. The van der Waals surface area contributed by atoms with Crippen molar-refractivity contribution in [1.82, 2.24) is 4.90 Å². The number of likely N-dealkylation sites (tertiary alicyclic amines) is 1. The van der Waals surface area contributed by atoms with Gasteiger partial charge in [0, 0.05) is 11.9 Å². The highest BCUT2D eigenvalue weighted by Crippen LogP contribution is 2.39. The summed E-state index contributed by atoms with van der Waals surface area (Å²) < 4.78 is 0. The van der Waals surface area contributed by atoms with Crippen molar-refractivity contribution in [3.8, 4) is 0 Å². The summed E-state index contributed by atoms with van der Waals surface area (Å²) in [4.78, 5) is 2.76. The van der Waals surface area contributed by atoms with Crippen LogP contribution in [0.2, 0.25) is 0 Å². The molecule has 1 saturated carbocycles. The van der Waals surface area contributed by atoms with Crippen LogP contribution in [-0.4, -0.2) is 29.9 Å². The van der Waals surface area contributed by atoms with Gasteiger partial charge < -0.3 is 4.90 Å². The van der Waals surface area contributed by atoms with Crippen LogP contribution in [0, 0.1) is 11.3 Å². The molecule has 0 radical (unpaired) electrons. The van der Waals surface area contributed by atoms with Crippen molar-refractivity contribution in [1.29, 1.82) is 0 Å². The molecular formula is C16H30BrN. The third kappa shape index (κ3) is 3.96. The zero-order chi connectivity index (χ0) is 12.8. The lowest BCUT2D eigenvalue weighted by atomic mass is 9.75. The van der Waals surface area contributed by atoms with E-state index in [9.17, 15) is 0 Å². The average Bonchev–Trinajstić information content (AvgIpc) is 2.42. The molecule has 2 aliphatic rings. The number of hydrogen-bond donors (Lipinski definition) is 0. The molecule has 0 bridgehead atoms. The maximum atomic E-state index is 3.80. The Bertz CT molecular complexity index is 227. The summed E-state index contributed by atoms with van der Waals surface area (Å²) in [5, 5.41) is 1.22. The number of halogens is 1. The molecular weight excluding hydrogens is 286 g/mol. The average molecular weight is 316 g/mol. The fraction of sp³-hybridized carbons (Fsp3) is 1.00. The molecule has 0 unspecified atom stereocenters. The summed E-state index contributed by atoms with van der Waals surface area (Å²) in [6.45, 7) is 6.41. The SMILES string of the molecule is CCCC1CCN(CC2(CBr)CCCCC2)CC1. The number of alkyl halides is 1. The fourth-order valence-corrected chi connectivity index (χ4v) is 4.69. The van der Waals surface area contributed by atoms with E-state index in [4.69, 9.17) is 0 Å². The molecule has 0 aromatic heterocycles. The Kier molecular flexibility index (Phi) is 6.00. The van der Waals surface area contributed by atoms with Crippen LogP contribution >= 0.6 is 15.9 Å². The third-order valence-electron chi connectivity index (χ3n) is 5.16. The lowest BCUT2D eigenvalue weighted by Crippen LogP contribution is -2.44. The van der Waals surface area contributed by atoms with Gasteiger partial charge in [-0.3, -0.25) is 0 Å². The van der Waals surface area contributed by atoms with Gasteiger partial charge in [-0.15, -0.1) is 0 Å². The van der Waals surface area contributed by atoms with Crippen LogP contribution in [0.3, 0.4) is 0 Å². The predicted octanol–water partition coefficient (Wildman–Crippen LogP) is 4.84. The van der Waals surface area contributed by atoms with E-state index >= 15 is 0 Å². The van der Waals surface area contributed by atoms with Gasteiger partial charge in [0.15, 0.2) is 0 Å². The van der Waals surface area contributed by atoms with Gasteiger partial charge >= 0.3 is 0 Å². The van der Waals surface area contributed by atoms with Gasteiger partial charge in [-0.1, -0.05) is 55.0 Å². The molecule has 18 heavy (non-hydrogen) atoms. The highest BCUT2D eigenvalue weighted by Gasteiger charge is 2.33. The first-order chi connectivity index (χ1) is 8.78. The molecule has 0 aromatic carbocycles. The van der Waals surface area contributed by atoms with Crippen LogP contribution in [0.1, 0.15) is 64.7 Å². The van der Waals surface area contributed by atoms with Gasteiger partial charge in [-0.05, 0) is 50.1 Å². The molecule has 2 rings (SSSR count). The first-order valence-corrected chi connectivity index (χ1v) is 9.18. The van der Waals surface area contributed by atoms with Crippen molar-refractivity contribution in [3.63, 3.8) is 0 Å². The summed E-state index contributed by atoms with van der Waals surface area (Å²) >= 11 is 3.80. The van der Waals surface area contributed by atoms with E-state index in [2.05, 4.69) is 27.8 Å². The Morgan fingerprint density at radius 1 is 1.11 bits per heavy atom. The Morgan fingerprint density at radius 2 is 1.78 bits per heavy atom. The minimum absolute atomic E-state index is 0.607. The second-order valence-electron chi connectivity index (χ2n) is 6.70. The summed E-state index contributed by atoms with van der Waals surface area (Å²) in [5.74, 6) is 1.03. The van der Waals surface area contributed by atoms with Crippen LogP contribution in [-0.2, 0) is 0 Å². The molecule has 0 atom stereocenters. The van der Waals surface area contributed by atoms with Crippen LogP contribution in [0.25, 0.3) is 0 Å². The van der Waals surface area contributed by atoms with Crippen LogP contribution < -0.4 is 0 Å². The van der Waals surface area contributed by atoms with E-state index in [-0.39, 0.29) is 0 Å². The molecule has 2 fully saturated rings. The van der Waals surface area contributed by atoms with Gasteiger partial charge in [-0.2, -0.15) is 0 Å². The normalized spacial score (nSPS) is 26.3. The molecule has 0 spiro atoms. The van der Waals surface area contributed by atoms with E-state index in [0.29, 0.717) is 5.41 Å². The first-order valence-electron chi connectivity index (χ1n) is 8.06. The van der Waals surface area contributed by atoms with Gasteiger partial charge in [0.2, 0.25) is 0 Å². The molecule has 1 heterocycles. The molecule has 1 saturated heterocycles. The summed E-state index contributed by atoms with van der Waals surface area (Å²) in [7, 11) is 0. The molecule has 0 N–H and O–H groups in total. The molecule has 1 aliphatic heterocycles. The fourth-order valence-electron chi connectivity index (χ4n) is 3.95. The topological polar surface area (TPSA) is 3.24 Å². The first kappa shape index (κ1) is 14.8. The Morgan fingerprint density at radius 3 is 2.33 bits per heavy atom. The maximum Gasteiger partial charge on any atom is 0.0100 e. The highest BCUT2D eigenvalue weighted by atomic mass is 79.9. The van der Waals surface area contributed by atoms with Gasteiger partial charge in [-0.25, -0.2) is 0 Å². The number of nitrogens with zero attached hydrogens (tertiary/aromatic N) is 1. The summed E-state index contributed by atoms with van der Waals surface area (Å²) in [6, 6.07) is 0. The van der Waals surface area contributed by atoms with Gasteiger partial charge in [0.25, 0.3) is 0 Å². The van der Waals surface area contributed by atoms with Gasteiger partial charge in [0.1, 0.15) is 0 Å². The Hall–Kier alpha value is 0.440. The van der Waals surface area contributed by atoms with E-state index in [0.717, 1.165) is 5.92 Å². The van der Waals surface area contributed by atoms with Crippen LogP contribution in [0.5, 0.6) is 0 Å². The number of hydrogen-bond acceptors (Lipinski definition) is 1. The lowest BCUT2D eigenvalue weighted by molar-refractivity contribution is 0.0939.